The van der Waals surface area contributed by atoms with Crippen LogP contribution in [-0.4, -0.2) is 26.0 Å². The maximum Gasteiger partial charge on any atom is 0.251 e. The van der Waals surface area contributed by atoms with Gasteiger partial charge in [0.2, 0.25) is 5.91 Å². The van der Waals surface area contributed by atoms with Crippen molar-refractivity contribution >= 4 is 34.2 Å². The molecule has 2 aromatic rings. The van der Waals surface area contributed by atoms with Crippen LogP contribution in [0.4, 0.5) is 5.00 Å². The largest absolute Gasteiger partial charge is 0.497 e. The maximum absolute atomic E-state index is 12.2. The zero-order chi connectivity index (χ0) is 18.6. The Labute approximate surface area is 150 Å². The number of hydrogen-bond acceptors (Lipinski definition) is 5. The summed E-state index contributed by atoms with van der Waals surface area (Å²) in [6.07, 6.45) is 2.99. The van der Waals surface area contributed by atoms with Gasteiger partial charge in [-0.2, -0.15) is 0 Å². The van der Waals surface area contributed by atoms with Gasteiger partial charge in [-0.25, -0.2) is 0 Å². The Morgan fingerprint density at radius 1 is 1.20 bits per heavy atom. The molecule has 7 heteroatoms. The lowest BCUT2D eigenvalue weighted by atomic mass is 10.1. The molecule has 25 heavy (non-hydrogen) atoms. The summed E-state index contributed by atoms with van der Waals surface area (Å²) in [5.41, 5.74) is 7.24. The van der Waals surface area contributed by atoms with Crippen LogP contribution in [0.15, 0.2) is 24.3 Å². The van der Waals surface area contributed by atoms with E-state index in [0.717, 1.165) is 10.4 Å². The first-order valence-corrected chi connectivity index (χ1v) is 8.30. The molecule has 2 amide bonds. The third kappa shape index (κ3) is 4.19. The van der Waals surface area contributed by atoms with Gasteiger partial charge in [-0.05, 0) is 43.7 Å². The van der Waals surface area contributed by atoms with E-state index in [9.17, 15) is 9.59 Å². The van der Waals surface area contributed by atoms with Crippen molar-refractivity contribution in [1.82, 2.24) is 0 Å². The fourth-order valence-electron chi connectivity index (χ4n) is 2.30. The van der Waals surface area contributed by atoms with Crippen LogP contribution in [0.25, 0.3) is 6.08 Å². The van der Waals surface area contributed by atoms with E-state index in [-0.39, 0.29) is 5.91 Å². The minimum atomic E-state index is -0.560. The number of carbonyl (C=O) groups excluding carboxylic acids is 2. The van der Waals surface area contributed by atoms with E-state index in [1.165, 1.54) is 17.4 Å². The molecule has 0 saturated heterocycles. The lowest BCUT2D eigenvalue weighted by molar-refractivity contribution is -0.111. The zero-order valence-corrected chi connectivity index (χ0v) is 15.3. The number of aryl methyl sites for hydroxylation is 1. The third-order valence-electron chi connectivity index (χ3n) is 3.72. The number of primary amides is 1. The van der Waals surface area contributed by atoms with Gasteiger partial charge in [-0.1, -0.05) is 0 Å². The summed E-state index contributed by atoms with van der Waals surface area (Å²) < 4.78 is 10.4. The predicted molar refractivity (Wildman–Crippen MR) is 99.5 cm³/mol. The van der Waals surface area contributed by atoms with Gasteiger partial charge in [0.15, 0.2) is 0 Å². The molecule has 0 atom stereocenters. The summed E-state index contributed by atoms with van der Waals surface area (Å²) in [5, 5.41) is 3.16. The van der Waals surface area contributed by atoms with Crippen molar-refractivity contribution in [3.05, 3.63) is 45.8 Å². The van der Waals surface area contributed by atoms with E-state index < -0.39 is 5.91 Å². The first-order chi connectivity index (χ1) is 11.9. The van der Waals surface area contributed by atoms with Crippen LogP contribution < -0.4 is 20.5 Å². The maximum atomic E-state index is 12.2. The first kappa shape index (κ1) is 18.5. The Kier molecular flexibility index (Phi) is 5.82. The van der Waals surface area contributed by atoms with Gasteiger partial charge in [-0.3, -0.25) is 9.59 Å². The van der Waals surface area contributed by atoms with Crippen LogP contribution in [0.3, 0.4) is 0 Å². The highest BCUT2D eigenvalue weighted by Crippen LogP contribution is 2.32. The van der Waals surface area contributed by atoms with Crippen molar-refractivity contribution in [3.63, 3.8) is 0 Å². The number of carbonyl (C=O) groups is 2. The molecule has 0 spiro atoms. The van der Waals surface area contributed by atoms with Crippen LogP contribution in [-0.2, 0) is 4.79 Å². The lowest BCUT2D eigenvalue weighted by Gasteiger charge is -2.07. The van der Waals surface area contributed by atoms with Crippen LogP contribution in [0.1, 0.15) is 26.4 Å². The Balaban J connectivity index is 2.23. The van der Waals surface area contributed by atoms with Crippen LogP contribution in [0, 0.1) is 13.8 Å². The quantitative estimate of drug-likeness (QED) is 0.774. The number of nitrogens with one attached hydrogen (secondary N) is 1. The smallest absolute Gasteiger partial charge is 0.251 e. The molecule has 0 unspecified atom stereocenters. The molecule has 0 bridgehead atoms. The molecule has 1 heterocycles. The van der Waals surface area contributed by atoms with Crippen molar-refractivity contribution in [2.75, 3.05) is 19.5 Å². The van der Waals surface area contributed by atoms with Gasteiger partial charge < -0.3 is 20.5 Å². The van der Waals surface area contributed by atoms with Gasteiger partial charge in [0.05, 0.1) is 19.8 Å². The number of nitrogens with two attached hydrogens (primary N) is 1. The predicted octanol–water partition coefficient (Wildman–Crippen LogP) is 3.13. The third-order valence-corrected chi connectivity index (χ3v) is 4.84. The molecule has 0 aliphatic carbocycles. The Morgan fingerprint density at radius 2 is 1.92 bits per heavy atom. The van der Waals surface area contributed by atoms with E-state index in [1.54, 1.807) is 45.4 Å². The highest BCUT2D eigenvalue weighted by Gasteiger charge is 2.18. The summed E-state index contributed by atoms with van der Waals surface area (Å²) in [7, 11) is 3.12. The molecule has 132 valence electrons. The summed E-state index contributed by atoms with van der Waals surface area (Å²) in [5.74, 6) is 0.344. The first-order valence-electron chi connectivity index (χ1n) is 7.48. The molecule has 2 rings (SSSR count). The number of benzene rings is 1. The van der Waals surface area contributed by atoms with E-state index in [2.05, 4.69) is 5.32 Å². The number of amides is 2. The molecule has 0 aliphatic rings. The molecule has 0 aliphatic heterocycles. The topological polar surface area (TPSA) is 90.7 Å². The van der Waals surface area contributed by atoms with Gasteiger partial charge in [0, 0.05) is 16.5 Å². The Bertz CT molecular complexity index is 840. The van der Waals surface area contributed by atoms with E-state index in [0.29, 0.717) is 27.6 Å². The van der Waals surface area contributed by atoms with Crippen LogP contribution >= 0.6 is 11.3 Å². The minimum absolute atomic E-state index is 0.350. The SMILES string of the molecule is COc1ccc(OC)c(/C=C/C(=O)Nc2sc(C)c(C)c2C(N)=O)c1. The standard InChI is InChI=1S/C18H20N2O4S/c1-10-11(2)25-18(16(10)17(19)22)20-15(21)8-5-12-9-13(23-3)6-7-14(12)24-4/h5-9H,1-4H3,(H2,19,22)(H,20,21)/b8-5+. The van der Waals surface area contributed by atoms with Crippen molar-refractivity contribution in [2.45, 2.75) is 13.8 Å². The second-order valence-electron chi connectivity index (χ2n) is 5.28. The highest BCUT2D eigenvalue weighted by atomic mass is 32.1. The highest BCUT2D eigenvalue weighted by molar-refractivity contribution is 7.16. The molecule has 6 nitrogen and oxygen atoms in total. The van der Waals surface area contributed by atoms with Crippen LogP contribution in [0.2, 0.25) is 0 Å². The molecule has 0 saturated carbocycles. The molecular weight excluding hydrogens is 340 g/mol. The van der Waals surface area contributed by atoms with Crippen molar-refractivity contribution in [1.29, 1.82) is 0 Å². The minimum Gasteiger partial charge on any atom is -0.497 e. The van der Waals surface area contributed by atoms with E-state index in [1.807, 2.05) is 6.92 Å². The summed E-state index contributed by atoms with van der Waals surface area (Å²) in [6, 6.07) is 5.29. The van der Waals surface area contributed by atoms with Crippen molar-refractivity contribution < 1.29 is 19.1 Å². The lowest BCUT2D eigenvalue weighted by Crippen LogP contribution is -2.16. The molecule has 3 N–H and O–H groups in total. The average molecular weight is 360 g/mol. The number of ether oxygens (including phenoxy) is 2. The van der Waals surface area contributed by atoms with Gasteiger partial charge in [-0.15, -0.1) is 11.3 Å². The number of methoxy groups -OCH3 is 2. The number of hydrogen-bond donors (Lipinski definition) is 2. The second-order valence-corrected chi connectivity index (χ2v) is 6.51. The zero-order valence-electron chi connectivity index (χ0n) is 14.5. The summed E-state index contributed by atoms with van der Waals surface area (Å²) in [6.45, 7) is 3.68. The second kappa shape index (κ2) is 7.85. The van der Waals surface area contributed by atoms with E-state index >= 15 is 0 Å². The summed E-state index contributed by atoms with van der Waals surface area (Å²) >= 11 is 1.32. The normalized spacial score (nSPS) is 10.7. The number of anilines is 1. The molecular formula is C18H20N2O4S. The van der Waals surface area contributed by atoms with Gasteiger partial charge in [0.1, 0.15) is 16.5 Å². The molecule has 1 aromatic carbocycles. The monoisotopic (exact) mass is 360 g/mol. The van der Waals surface area contributed by atoms with Crippen molar-refractivity contribution in [3.8, 4) is 11.5 Å². The van der Waals surface area contributed by atoms with E-state index in [4.69, 9.17) is 15.2 Å². The van der Waals surface area contributed by atoms with Gasteiger partial charge in [0.25, 0.3) is 5.91 Å². The number of thiophene rings is 1. The number of rotatable bonds is 6. The molecule has 1 aromatic heterocycles. The molecule has 0 fully saturated rings. The Hall–Kier alpha value is -2.80. The fourth-order valence-corrected chi connectivity index (χ4v) is 3.37. The van der Waals surface area contributed by atoms with Gasteiger partial charge >= 0.3 is 0 Å². The molecule has 0 radical (unpaired) electrons. The summed E-state index contributed by atoms with van der Waals surface area (Å²) in [4.78, 5) is 24.8. The van der Waals surface area contributed by atoms with Crippen molar-refractivity contribution in [2.24, 2.45) is 5.73 Å². The fraction of sp³-hybridized carbons (Fsp3) is 0.222. The van der Waals surface area contributed by atoms with Crippen LogP contribution in [0.5, 0.6) is 11.5 Å². The average Bonchev–Trinajstić information content (AvgIpc) is 2.86. The Morgan fingerprint density at radius 3 is 2.52 bits per heavy atom.